The van der Waals surface area contributed by atoms with Gasteiger partial charge in [-0.1, -0.05) is 42.5 Å². The molecule has 0 saturated heterocycles. The van der Waals surface area contributed by atoms with Crippen LogP contribution in [0.3, 0.4) is 0 Å². The number of hydrogen-bond donors (Lipinski definition) is 2. The summed E-state index contributed by atoms with van der Waals surface area (Å²) in [6.07, 6.45) is 0. The number of imidazole rings is 1. The van der Waals surface area contributed by atoms with Crippen molar-refractivity contribution in [1.29, 1.82) is 0 Å². The molecular weight excluding hydrogens is 224 g/mol. The largest absolute Gasteiger partial charge is 0.383 e. The van der Waals surface area contributed by atoms with Gasteiger partial charge in [0.1, 0.15) is 5.84 Å². The molecule has 0 fully saturated rings. The number of nitrogens with one attached hydrogen (secondary N) is 1. The number of nitrogens with two attached hydrogens (primary N) is 1. The van der Waals surface area contributed by atoms with Gasteiger partial charge in [0, 0.05) is 5.56 Å². The fraction of sp³-hybridized carbons (Fsp3) is 0. The summed E-state index contributed by atoms with van der Waals surface area (Å²) >= 11 is 0. The van der Waals surface area contributed by atoms with Crippen molar-refractivity contribution in [2.75, 3.05) is 0 Å². The SMILES string of the molecule is NC(=Nc1nc2ccccc2[nH]1)c1ccccc1. The molecule has 3 rings (SSSR count). The second kappa shape index (κ2) is 4.33. The van der Waals surface area contributed by atoms with E-state index in [-0.39, 0.29) is 0 Å². The Morgan fingerprint density at radius 2 is 1.72 bits per heavy atom. The molecule has 0 aliphatic heterocycles. The second-order valence-electron chi connectivity index (χ2n) is 3.94. The summed E-state index contributed by atoms with van der Waals surface area (Å²) in [4.78, 5) is 11.8. The predicted octanol–water partition coefficient (Wildman–Crippen LogP) is 2.60. The number of nitrogens with zero attached hydrogens (tertiary/aromatic N) is 2. The van der Waals surface area contributed by atoms with Gasteiger partial charge in [-0.15, -0.1) is 0 Å². The minimum atomic E-state index is 0.453. The number of para-hydroxylation sites is 2. The molecule has 18 heavy (non-hydrogen) atoms. The van der Waals surface area contributed by atoms with E-state index in [4.69, 9.17) is 5.73 Å². The highest BCUT2D eigenvalue weighted by Crippen LogP contribution is 2.16. The van der Waals surface area contributed by atoms with Crippen molar-refractivity contribution in [3.63, 3.8) is 0 Å². The van der Waals surface area contributed by atoms with Crippen molar-refractivity contribution in [2.24, 2.45) is 10.7 Å². The van der Waals surface area contributed by atoms with E-state index in [2.05, 4.69) is 15.0 Å². The Balaban J connectivity index is 2.00. The van der Waals surface area contributed by atoms with E-state index in [1.807, 2.05) is 54.6 Å². The van der Waals surface area contributed by atoms with E-state index in [1.54, 1.807) is 0 Å². The predicted molar refractivity (Wildman–Crippen MR) is 72.9 cm³/mol. The molecular formula is C14H12N4. The molecule has 4 heteroatoms. The third-order valence-electron chi connectivity index (χ3n) is 2.67. The van der Waals surface area contributed by atoms with Crippen LogP contribution in [0.5, 0.6) is 0 Å². The monoisotopic (exact) mass is 236 g/mol. The van der Waals surface area contributed by atoms with Crippen LogP contribution in [0.2, 0.25) is 0 Å². The van der Waals surface area contributed by atoms with Gasteiger partial charge in [-0.3, -0.25) is 0 Å². The van der Waals surface area contributed by atoms with Crippen molar-refractivity contribution in [1.82, 2.24) is 9.97 Å². The Morgan fingerprint density at radius 3 is 2.50 bits per heavy atom. The Labute approximate surface area is 104 Å². The van der Waals surface area contributed by atoms with Gasteiger partial charge < -0.3 is 10.7 Å². The molecule has 2 aromatic carbocycles. The topological polar surface area (TPSA) is 67.1 Å². The molecule has 0 amide bonds. The molecule has 0 aliphatic carbocycles. The van der Waals surface area contributed by atoms with Gasteiger partial charge >= 0.3 is 0 Å². The van der Waals surface area contributed by atoms with E-state index >= 15 is 0 Å². The van der Waals surface area contributed by atoms with Crippen LogP contribution in [-0.4, -0.2) is 15.8 Å². The van der Waals surface area contributed by atoms with Crippen molar-refractivity contribution < 1.29 is 0 Å². The summed E-state index contributed by atoms with van der Waals surface area (Å²) < 4.78 is 0. The average Bonchev–Trinajstić information content (AvgIpc) is 2.82. The maximum absolute atomic E-state index is 5.94. The second-order valence-corrected chi connectivity index (χ2v) is 3.94. The van der Waals surface area contributed by atoms with E-state index in [1.165, 1.54) is 0 Å². The smallest absolute Gasteiger partial charge is 0.229 e. The molecule has 0 aliphatic rings. The number of benzene rings is 2. The lowest BCUT2D eigenvalue weighted by atomic mass is 10.2. The molecule has 0 atom stereocenters. The Bertz CT molecular complexity index is 665. The summed E-state index contributed by atoms with van der Waals surface area (Å²) in [7, 11) is 0. The van der Waals surface area contributed by atoms with Crippen molar-refractivity contribution in [2.45, 2.75) is 0 Å². The highest BCUT2D eigenvalue weighted by atomic mass is 15.1. The van der Waals surface area contributed by atoms with Gasteiger partial charge in [-0.25, -0.2) is 4.98 Å². The van der Waals surface area contributed by atoms with Gasteiger partial charge in [-0.2, -0.15) is 4.99 Å². The lowest BCUT2D eigenvalue weighted by molar-refractivity contribution is 1.25. The lowest BCUT2D eigenvalue weighted by Gasteiger charge is -1.97. The van der Waals surface area contributed by atoms with Crippen LogP contribution in [0, 0.1) is 0 Å². The summed E-state index contributed by atoms with van der Waals surface area (Å²) in [5, 5.41) is 0. The van der Waals surface area contributed by atoms with E-state index in [9.17, 15) is 0 Å². The Hall–Kier alpha value is -2.62. The van der Waals surface area contributed by atoms with Crippen LogP contribution in [0.15, 0.2) is 59.6 Å². The summed E-state index contributed by atoms with van der Waals surface area (Å²) in [5.74, 6) is 0.979. The zero-order valence-electron chi connectivity index (χ0n) is 9.67. The minimum Gasteiger partial charge on any atom is -0.383 e. The normalized spacial score (nSPS) is 11.9. The zero-order chi connectivity index (χ0) is 12.4. The molecule has 0 saturated carbocycles. The van der Waals surface area contributed by atoms with Gasteiger partial charge in [-0.05, 0) is 12.1 Å². The average molecular weight is 236 g/mol. The quantitative estimate of drug-likeness (QED) is 0.530. The maximum atomic E-state index is 5.94. The first-order valence-electron chi connectivity index (χ1n) is 5.67. The molecule has 88 valence electrons. The van der Waals surface area contributed by atoms with Gasteiger partial charge in [0.25, 0.3) is 0 Å². The standard InChI is InChI=1S/C14H12N4/c15-13(10-6-2-1-3-7-10)18-14-16-11-8-4-5-9-12(11)17-14/h1-9H,(H3,15,16,17,18). The number of hydrogen-bond acceptors (Lipinski definition) is 2. The molecule has 0 unspecified atom stereocenters. The maximum Gasteiger partial charge on any atom is 0.229 e. The fourth-order valence-corrected chi connectivity index (χ4v) is 1.78. The van der Waals surface area contributed by atoms with Gasteiger partial charge in [0.2, 0.25) is 5.95 Å². The third kappa shape index (κ3) is 1.96. The number of aliphatic imine (C=N–C) groups is 1. The highest BCUT2D eigenvalue weighted by Gasteiger charge is 2.02. The molecule has 4 nitrogen and oxygen atoms in total. The first kappa shape index (κ1) is 10.5. The van der Waals surface area contributed by atoms with Gasteiger partial charge in [0.05, 0.1) is 11.0 Å². The summed E-state index contributed by atoms with van der Waals surface area (Å²) in [6, 6.07) is 17.4. The highest BCUT2D eigenvalue weighted by molar-refractivity contribution is 5.98. The number of fused-ring (bicyclic) bond motifs is 1. The van der Waals surface area contributed by atoms with Crippen molar-refractivity contribution >= 4 is 22.8 Å². The summed E-state index contributed by atoms with van der Waals surface area (Å²) in [6.45, 7) is 0. The van der Waals surface area contributed by atoms with Crippen molar-refractivity contribution in [3.8, 4) is 0 Å². The van der Waals surface area contributed by atoms with Crippen LogP contribution >= 0.6 is 0 Å². The van der Waals surface area contributed by atoms with E-state index in [0.717, 1.165) is 16.6 Å². The Morgan fingerprint density at radius 1 is 1.00 bits per heavy atom. The number of aromatic amines is 1. The fourth-order valence-electron chi connectivity index (χ4n) is 1.78. The number of amidine groups is 1. The Kier molecular flexibility index (Phi) is 2.53. The van der Waals surface area contributed by atoms with E-state index < -0.39 is 0 Å². The van der Waals surface area contributed by atoms with E-state index in [0.29, 0.717) is 11.8 Å². The molecule has 3 N–H and O–H groups in total. The first-order chi connectivity index (χ1) is 8.83. The minimum absolute atomic E-state index is 0.453. The molecule has 1 heterocycles. The molecule has 0 radical (unpaired) electrons. The first-order valence-corrected chi connectivity index (χ1v) is 5.67. The van der Waals surface area contributed by atoms with Crippen LogP contribution in [0.25, 0.3) is 11.0 Å². The molecule has 1 aromatic heterocycles. The van der Waals surface area contributed by atoms with Crippen LogP contribution in [0.1, 0.15) is 5.56 Å². The number of H-pyrrole nitrogens is 1. The molecule has 0 bridgehead atoms. The molecule has 3 aromatic rings. The lowest BCUT2D eigenvalue weighted by Crippen LogP contribution is -2.12. The summed E-state index contributed by atoms with van der Waals surface area (Å²) in [5.41, 5.74) is 8.67. The van der Waals surface area contributed by atoms with Gasteiger partial charge in [0.15, 0.2) is 0 Å². The number of aromatic nitrogens is 2. The van der Waals surface area contributed by atoms with Crippen molar-refractivity contribution in [3.05, 3.63) is 60.2 Å². The molecule has 0 spiro atoms. The van der Waals surface area contributed by atoms with Crippen LogP contribution in [-0.2, 0) is 0 Å². The third-order valence-corrected chi connectivity index (χ3v) is 2.67. The zero-order valence-corrected chi connectivity index (χ0v) is 9.67. The van der Waals surface area contributed by atoms with Crippen LogP contribution < -0.4 is 5.73 Å². The van der Waals surface area contributed by atoms with Crippen LogP contribution in [0.4, 0.5) is 5.95 Å². The number of rotatable bonds is 2.